The number of benzene rings is 1. The third-order valence-corrected chi connectivity index (χ3v) is 3.57. The van der Waals surface area contributed by atoms with Crippen molar-refractivity contribution < 1.29 is 0 Å². The van der Waals surface area contributed by atoms with E-state index < -0.39 is 0 Å². The van der Waals surface area contributed by atoms with E-state index in [1.54, 1.807) is 0 Å². The molecule has 0 saturated carbocycles. The first-order valence-electron chi connectivity index (χ1n) is 5.89. The monoisotopic (exact) mass is 300 g/mol. The van der Waals surface area contributed by atoms with Crippen LogP contribution in [0, 0.1) is 6.92 Å². The second-order valence-corrected chi connectivity index (χ2v) is 5.39. The van der Waals surface area contributed by atoms with E-state index in [9.17, 15) is 0 Å². The van der Waals surface area contributed by atoms with Gasteiger partial charge in [-0.25, -0.2) is 4.98 Å². The van der Waals surface area contributed by atoms with Crippen molar-refractivity contribution in [2.75, 3.05) is 0 Å². The zero-order valence-corrected chi connectivity index (χ0v) is 11.7. The maximum atomic E-state index is 4.51. The lowest BCUT2D eigenvalue weighted by atomic mass is 10.1. The minimum atomic E-state index is 0.852. The summed E-state index contributed by atoms with van der Waals surface area (Å²) in [4.78, 5) is 4.51. The van der Waals surface area contributed by atoms with Crippen LogP contribution in [0.1, 0.15) is 17.0 Å². The van der Waals surface area contributed by atoms with Gasteiger partial charge in [0.2, 0.25) is 0 Å². The smallest absolute Gasteiger partial charge is 0.117 e. The third kappa shape index (κ3) is 2.18. The van der Waals surface area contributed by atoms with Crippen molar-refractivity contribution in [1.82, 2.24) is 9.38 Å². The summed E-state index contributed by atoms with van der Waals surface area (Å²) in [5, 5.41) is 0. The highest BCUT2D eigenvalue weighted by molar-refractivity contribution is 9.10. The first kappa shape index (κ1) is 11.5. The molecule has 0 unspecified atom stereocenters. The fourth-order valence-electron chi connectivity index (χ4n) is 2.08. The van der Waals surface area contributed by atoms with E-state index in [-0.39, 0.29) is 0 Å². The molecule has 0 amide bonds. The van der Waals surface area contributed by atoms with E-state index >= 15 is 0 Å². The molecule has 0 atom stereocenters. The topological polar surface area (TPSA) is 17.3 Å². The van der Waals surface area contributed by atoms with Crippen LogP contribution in [0.3, 0.4) is 0 Å². The number of rotatable bonds is 2. The molecular weight excluding hydrogens is 288 g/mol. The molecule has 2 aromatic heterocycles. The SMILES string of the molecule is Cc1ccn2c(Cc3ccc(Br)cc3)ncc2c1. The number of hydrogen-bond acceptors (Lipinski definition) is 1. The number of pyridine rings is 1. The Balaban J connectivity index is 1.97. The molecule has 0 spiro atoms. The minimum absolute atomic E-state index is 0.852. The molecule has 0 bridgehead atoms. The Bertz CT molecular complexity index is 683. The fourth-order valence-corrected chi connectivity index (χ4v) is 2.35. The Morgan fingerprint density at radius 1 is 1.17 bits per heavy atom. The van der Waals surface area contributed by atoms with Gasteiger partial charge in [-0.1, -0.05) is 28.1 Å². The Morgan fingerprint density at radius 3 is 2.72 bits per heavy atom. The van der Waals surface area contributed by atoms with E-state index in [0.29, 0.717) is 0 Å². The number of fused-ring (bicyclic) bond motifs is 1. The summed E-state index contributed by atoms with van der Waals surface area (Å²) in [5.41, 5.74) is 3.69. The highest BCUT2D eigenvalue weighted by atomic mass is 79.9. The van der Waals surface area contributed by atoms with Crippen LogP contribution in [0.2, 0.25) is 0 Å². The quantitative estimate of drug-likeness (QED) is 0.699. The van der Waals surface area contributed by atoms with Crippen molar-refractivity contribution in [3.63, 3.8) is 0 Å². The van der Waals surface area contributed by atoms with Crippen LogP contribution in [-0.4, -0.2) is 9.38 Å². The molecule has 3 aromatic rings. The Kier molecular flexibility index (Phi) is 2.92. The van der Waals surface area contributed by atoms with E-state index in [0.717, 1.165) is 22.2 Å². The summed E-state index contributed by atoms with van der Waals surface area (Å²) >= 11 is 3.45. The first-order valence-corrected chi connectivity index (χ1v) is 6.69. The van der Waals surface area contributed by atoms with E-state index in [1.807, 2.05) is 6.20 Å². The minimum Gasteiger partial charge on any atom is -0.303 e. The van der Waals surface area contributed by atoms with E-state index in [1.165, 1.54) is 11.1 Å². The molecule has 0 saturated heterocycles. The van der Waals surface area contributed by atoms with Crippen LogP contribution in [0.5, 0.6) is 0 Å². The molecule has 3 rings (SSSR count). The van der Waals surface area contributed by atoms with Gasteiger partial charge in [0.15, 0.2) is 0 Å². The summed E-state index contributed by atoms with van der Waals surface area (Å²) in [6.07, 6.45) is 4.87. The van der Waals surface area contributed by atoms with Crippen LogP contribution >= 0.6 is 15.9 Å². The predicted molar refractivity (Wildman–Crippen MR) is 76.9 cm³/mol. The van der Waals surface area contributed by atoms with E-state index in [2.05, 4.69) is 74.8 Å². The second kappa shape index (κ2) is 4.58. The van der Waals surface area contributed by atoms with Crippen LogP contribution in [0.25, 0.3) is 5.52 Å². The zero-order valence-electron chi connectivity index (χ0n) is 10.1. The molecule has 0 aliphatic heterocycles. The number of aromatic nitrogens is 2. The standard InChI is InChI=1S/C15H13BrN2/c1-11-6-7-18-14(8-11)10-17-15(18)9-12-2-4-13(16)5-3-12/h2-8,10H,9H2,1H3. The van der Waals surface area contributed by atoms with Crippen molar-refractivity contribution in [2.24, 2.45) is 0 Å². The lowest BCUT2D eigenvalue weighted by Crippen LogP contribution is -1.96. The highest BCUT2D eigenvalue weighted by Crippen LogP contribution is 2.15. The van der Waals surface area contributed by atoms with Gasteiger partial charge in [0.05, 0.1) is 11.7 Å². The molecule has 1 aromatic carbocycles. The van der Waals surface area contributed by atoms with Gasteiger partial charge in [0.1, 0.15) is 5.82 Å². The molecule has 2 nitrogen and oxygen atoms in total. The van der Waals surface area contributed by atoms with Gasteiger partial charge in [-0.15, -0.1) is 0 Å². The molecule has 0 radical (unpaired) electrons. The number of aryl methyl sites for hydroxylation is 1. The second-order valence-electron chi connectivity index (χ2n) is 4.48. The van der Waals surface area contributed by atoms with Gasteiger partial charge in [-0.05, 0) is 42.3 Å². The lowest BCUT2D eigenvalue weighted by Gasteiger charge is -2.03. The zero-order chi connectivity index (χ0) is 12.5. The summed E-state index contributed by atoms with van der Waals surface area (Å²) in [6.45, 7) is 2.10. The lowest BCUT2D eigenvalue weighted by molar-refractivity contribution is 0.959. The molecule has 0 aliphatic rings. The molecular formula is C15H13BrN2. The van der Waals surface area contributed by atoms with Crippen LogP contribution in [0.15, 0.2) is 53.3 Å². The number of hydrogen-bond donors (Lipinski definition) is 0. The summed E-state index contributed by atoms with van der Waals surface area (Å²) in [6, 6.07) is 12.6. The predicted octanol–water partition coefficient (Wildman–Crippen LogP) is 4.00. The summed E-state index contributed by atoms with van der Waals surface area (Å²) in [7, 11) is 0. The van der Waals surface area contributed by atoms with Crippen molar-refractivity contribution in [2.45, 2.75) is 13.3 Å². The molecule has 0 aliphatic carbocycles. The van der Waals surface area contributed by atoms with Crippen LogP contribution in [0.4, 0.5) is 0 Å². The van der Waals surface area contributed by atoms with Crippen molar-refractivity contribution in [3.8, 4) is 0 Å². The Morgan fingerprint density at radius 2 is 1.94 bits per heavy atom. The van der Waals surface area contributed by atoms with Gasteiger partial charge in [0.25, 0.3) is 0 Å². The number of nitrogens with zero attached hydrogens (tertiary/aromatic N) is 2. The van der Waals surface area contributed by atoms with Gasteiger partial charge in [-0.3, -0.25) is 0 Å². The summed E-state index contributed by atoms with van der Waals surface area (Å²) in [5.74, 6) is 1.08. The van der Waals surface area contributed by atoms with Crippen LogP contribution in [-0.2, 0) is 6.42 Å². The van der Waals surface area contributed by atoms with Crippen molar-refractivity contribution >= 4 is 21.4 Å². The average molecular weight is 301 g/mol. The molecule has 3 heteroatoms. The Labute approximate surface area is 114 Å². The maximum Gasteiger partial charge on any atom is 0.117 e. The normalized spacial score (nSPS) is 11.0. The number of imidazole rings is 1. The van der Waals surface area contributed by atoms with E-state index in [4.69, 9.17) is 0 Å². The first-order chi connectivity index (χ1) is 8.72. The Hall–Kier alpha value is -1.61. The van der Waals surface area contributed by atoms with Gasteiger partial charge >= 0.3 is 0 Å². The average Bonchev–Trinajstić information content (AvgIpc) is 2.74. The third-order valence-electron chi connectivity index (χ3n) is 3.04. The molecule has 0 N–H and O–H groups in total. The van der Waals surface area contributed by atoms with Crippen molar-refractivity contribution in [1.29, 1.82) is 0 Å². The maximum absolute atomic E-state index is 4.51. The van der Waals surface area contributed by atoms with Crippen LogP contribution < -0.4 is 0 Å². The highest BCUT2D eigenvalue weighted by Gasteiger charge is 2.04. The summed E-state index contributed by atoms with van der Waals surface area (Å²) < 4.78 is 3.25. The fraction of sp³-hybridized carbons (Fsp3) is 0.133. The molecule has 18 heavy (non-hydrogen) atoms. The van der Waals surface area contributed by atoms with Gasteiger partial charge < -0.3 is 4.40 Å². The molecule has 2 heterocycles. The number of halogens is 1. The van der Waals surface area contributed by atoms with Gasteiger partial charge in [0, 0.05) is 17.1 Å². The largest absolute Gasteiger partial charge is 0.303 e. The molecule has 0 fully saturated rings. The van der Waals surface area contributed by atoms with Crippen molar-refractivity contribution in [3.05, 3.63) is 70.2 Å². The molecule has 90 valence electrons. The van der Waals surface area contributed by atoms with Gasteiger partial charge in [-0.2, -0.15) is 0 Å².